The van der Waals surface area contributed by atoms with Gasteiger partial charge in [0, 0.05) is 44.6 Å². The van der Waals surface area contributed by atoms with E-state index in [4.69, 9.17) is 4.42 Å². The largest absolute Gasteiger partial charge is 0.454 e. The number of hydrogen-bond donors (Lipinski definition) is 0. The summed E-state index contributed by atoms with van der Waals surface area (Å²) in [5, 5.41) is 4.65. The molecule has 0 unspecified atom stereocenters. The van der Waals surface area contributed by atoms with Crippen molar-refractivity contribution in [3.05, 3.63) is 266 Å². The van der Waals surface area contributed by atoms with Crippen LogP contribution in [0.3, 0.4) is 0 Å². The predicted octanol–water partition coefficient (Wildman–Crippen LogP) is 19.0. The van der Waals surface area contributed by atoms with Crippen LogP contribution in [0.15, 0.2) is 259 Å². The molecule has 1 aromatic heterocycles. The zero-order valence-electron chi connectivity index (χ0n) is 39.1. The third kappa shape index (κ3) is 6.89. The Labute approximate surface area is 408 Å². The first-order valence-electron chi connectivity index (χ1n) is 24.2. The molecule has 0 N–H and O–H groups in total. The van der Waals surface area contributed by atoms with Gasteiger partial charge in [-0.15, -0.1) is 0 Å². The van der Waals surface area contributed by atoms with Gasteiger partial charge in [0.25, 0.3) is 0 Å². The number of para-hydroxylation sites is 4. The van der Waals surface area contributed by atoms with E-state index in [9.17, 15) is 0 Å². The molecule has 0 bridgehead atoms. The van der Waals surface area contributed by atoms with Crippen LogP contribution in [0.2, 0.25) is 0 Å². The zero-order valence-corrected chi connectivity index (χ0v) is 39.1. The third-order valence-corrected chi connectivity index (χ3v) is 14.4. The maximum absolute atomic E-state index is 6.80. The van der Waals surface area contributed by atoms with Crippen LogP contribution < -0.4 is 9.80 Å². The van der Waals surface area contributed by atoms with Crippen LogP contribution in [0, 0.1) is 0 Å². The molecule has 0 radical (unpaired) electrons. The molecule has 3 heteroatoms. The van der Waals surface area contributed by atoms with Gasteiger partial charge >= 0.3 is 0 Å². The molecule has 0 amide bonds. The fourth-order valence-corrected chi connectivity index (χ4v) is 11.1. The SMILES string of the molecule is CC1(C)c2ccccc2-c2ccc(N(c3ccccc3)c3cc(-c4ccc(-c5ccc6ccccc6c5-c5ccccc5)cc4)cc(N(c4ccccc4)c4cccc5c4oc4ccccc45)c3)cc21. The second-order valence-corrected chi connectivity index (χ2v) is 18.9. The summed E-state index contributed by atoms with van der Waals surface area (Å²) in [5.74, 6) is 0. The minimum absolute atomic E-state index is 0.167. The van der Waals surface area contributed by atoms with E-state index in [-0.39, 0.29) is 5.41 Å². The fraction of sp³-hybridized carbons (Fsp3) is 0.0448. The molecule has 0 saturated heterocycles. The van der Waals surface area contributed by atoms with Gasteiger partial charge in [0.2, 0.25) is 0 Å². The first kappa shape index (κ1) is 41.3. The van der Waals surface area contributed by atoms with Crippen LogP contribution >= 0.6 is 0 Å². The maximum Gasteiger partial charge on any atom is 0.159 e. The maximum atomic E-state index is 6.80. The lowest BCUT2D eigenvalue weighted by Crippen LogP contribution is -2.17. The molecule has 1 heterocycles. The Hall–Kier alpha value is -8.92. The summed E-state index contributed by atoms with van der Waals surface area (Å²) in [6, 6.07) is 92.4. The van der Waals surface area contributed by atoms with Gasteiger partial charge in [-0.05, 0) is 133 Å². The van der Waals surface area contributed by atoms with Gasteiger partial charge in [-0.3, -0.25) is 0 Å². The number of nitrogens with zero attached hydrogens (tertiary/aromatic N) is 2. The molecule has 12 aromatic rings. The summed E-state index contributed by atoms with van der Waals surface area (Å²) < 4.78 is 6.80. The molecule has 3 nitrogen and oxygen atoms in total. The van der Waals surface area contributed by atoms with Gasteiger partial charge < -0.3 is 14.2 Å². The first-order valence-corrected chi connectivity index (χ1v) is 24.2. The summed E-state index contributed by atoms with van der Waals surface area (Å²) in [6.07, 6.45) is 0. The topological polar surface area (TPSA) is 19.6 Å². The molecule has 13 rings (SSSR count). The molecule has 11 aromatic carbocycles. The predicted molar refractivity (Wildman–Crippen MR) is 294 cm³/mol. The summed E-state index contributed by atoms with van der Waals surface area (Å²) in [5.41, 5.74) is 20.1. The summed E-state index contributed by atoms with van der Waals surface area (Å²) in [7, 11) is 0. The van der Waals surface area contributed by atoms with E-state index in [2.05, 4.69) is 272 Å². The number of fused-ring (bicyclic) bond motifs is 7. The van der Waals surface area contributed by atoms with Crippen LogP contribution in [0.1, 0.15) is 25.0 Å². The van der Waals surface area contributed by atoms with Crippen LogP contribution in [0.25, 0.3) is 77.2 Å². The lowest BCUT2D eigenvalue weighted by atomic mass is 9.82. The van der Waals surface area contributed by atoms with Crippen LogP contribution in [-0.4, -0.2) is 0 Å². The Balaban J connectivity index is 1.03. The molecule has 332 valence electrons. The average Bonchev–Trinajstić information content (AvgIpc) is 3.91. The van der Waals surface area contributed by atoms with Gasteiger partial charge in [0.15, 0.2) is 5.58 Å². The lowest BCUT2D eigenvalue weighted by Gasteiger charge is -2.31. The van der Waals surface area contributed by atoms with Gasteiger partial charge in [-0.1, -0.05) is 202 Å². The quantitative estimate of drug-likeness (QED) is 0.144. The molecule has 0 spiro atoms. The Bertz CT molecular complexity index is 3910. The van der Waals surface area contributed by atoms with E-state index in [0.29, 0.717) is 0 Å². The lowest BCUT2D eigenvalue weighted by molar-refractivity contribution is 0.660. The molecule has 70 heavy (non-hydrogen) atoms. The van der Waals surface area contributed by atoms with Crippen molar-refractivity contribution in [2.45, 2.75) is 19.3 Å². The number of anilines is 6. The molecule has 1 aliphatic carbocycles. The highest BCUT2D eigenvalue weighted by Gasteiger charge is 2.36. The Morgan fingerprint density at radius 1 is 0.329 bits per heavy atom. The van der Waals surface area contributed by atoms with Gasteiger partial charge in [-0.25, -0.2) is 0 Å². The second-order valence-electron chi connectivity index (χ2n) is 18.9. The number of rotatable bonds is 9. The average molecular weight is 897 g/mol. The van der Waals surface area contributed by atoms with Crippen LogP contribution in [-0.2, 0) is 5.41 Å². The highest BCUT2D eigenvalue weighted by atomic mass is 16.3. The second kappa shape index (κ2) is 16.7. The van der Waals surface area contributed by atoms with E-state index < -0.39 is 0 Å². The highest BCUT2D eigenvalue weighted by molar-refractivity contribution is 6.10. The van der Waals surface area contributed by atoms with E-state index in [1.165, 1.54) is 55.3 Å². The van der Waals surface area contributed by atoms with E-state index in [1.54, 1.807) is 0 Å². The molecule has 0 atom stereocenters. The summed E-state index contributed by atoms with van der Waals surface area (Å²) in [4.78, 5) is 4.78. The number of benzene rings is 11. The molecule has 1 aliphatic rings. The molecule has 0 fully saturated rings. The Morgan fingerprint density at radius 2 is 0.914 bits per heavy atom. The van der Waals surface area contributed by atoms with Crippen molar-refractivity contribution < 1.29 is 4.42 Å². The highest BCUT2D eigenvalue weighted by Crippen LogP contribution is 2.52. The minimum atomic E-state index is -0.167. The van der Waals surface area contributed by atoms with Crippen molar-refractivity contribution in [1.29, 1.82) is 0 Å². The van der Waals surface area contributed by atoms with Crippen molar-refractivity contribution >= 4 is 66.8 Å². The van der Waals surface area contributed by atoms with Crippen molar-refractivity contribution in [1.82, 2.24) is 0 Å². The van der Waals surface area contributed by atoms with E-state index in [0.717, 1.165) is 67.2 Å². The summed E-state index contributed by atoms with van der Waals surface area (Å²) in [6.45, 7) is 4.71. The number of hydrogen-bond acceptors (Lipinski definition) is 3. The number of furan rings is 1. The van der Waals surface area contributed by atoms with E-state index >= 15 is 0 Å². The normalized spacial score (nSPS) is 12.5. The Kier molecular flexibility index (Phi) is 9.85. The van der Waals surface area contributed by atoms with Crippen molar-refractivity contribution in [2.75, 3.05) is 9.80 Å². The summed E-state index contributed by atoms with van der Waals surface area (Å²) >= 11 is 0. The third-order valence-electron chi connectivity index (χ3n) is 14.4. The van der Waals surface area contributed by atoms with Crippen molar-refractivity contribution in [3.63, 3.8) is 0 Å². The molecule has 0 saturated carbocycles. The Morgan fingerprint density at radius 3 is 1.69 bits per heavy atom. The van der Waals surface area contributed by atoms with Crippen LogP contribution in [0.4, 0.5) is 34.1 Å². The smallest absolute Gasteiger partial charge is 0.159 e. The molecule has 0 aliphatic heterocycles. The molecular formula is C67H48N2O. The van der Waals surface area contributed by atoms with Crippen molar-refractivity contribution in [2.24, 2.45) is 0 Å². The standard InChI is InChI=1S/C67H48N2O/c1-67(2)61-30-16-14-27-57(61)58-40-38-52(44-62(58)67)68(50-22-8-4-9-23-50)53-41-49(45-33-35-47(36-34-45)56-39-37-46-19-12-13-26-55(46)65(56)48-20-6-3-7-21-48)42-54(43-53)69(51-24-10-5-11-25-51)63-31-18-29-60-59-28-15-17-32-64(59)70-66(60)63/h3-44H,1-2H3. The van der Waals surface area contributed by atoms with Crippen molar-refractivity contribution in [3.8, 4) is 44.5 Å². The van der Waals surface area contributed by atoms with E-state index in [1.807, 2.05) is 6.07 Å². The fourth-order valence-electron chi connectivity index (χ4n) is 11.1. The monoisotopic (exact) mass is 896 g/mol. The van der Waals surface area contributed by atoms with Gasteiger partial charge in [0.1, 0.15) is 5.58 Å². The van der Waals surface area contributed by atoms with Crippen LogP contribution in [0.5, 0.6) is 0 Å². The molecular weight excluding hydrogens is 849 g/mol. The minimum Gasteiger partial charge on any atom is -0.454 e. The van der Waals surface area contributed by atoms with Gasteiger partial charge in [0.05, 0.1) is 5.69 Å². The first-order chi connectivity index (χ1) is 34.5. The van der Waals surface area contributed by atoms with Gasteiger partial charge in [-0.2, -0.15) is 0 Å². The zero-order chi connectivity index (χ0) is 46.8.